The van der Waals surface area contributed by atoms with E-state index in [9.17, 15) is 0 Å². The third-order valence-electron chi connectivity index (χ3n) is 2.39. The van der Waals surface area contributed by atoms with Crippen LogP contribution in [0.5, 0.6) is 0 Å². The third kappa shape index (κ3) is 3.49. The number of aliphatic hydroxyl groups excluding tert-OH is 1. The molecule has 0 aromatic carbocycles. The van der Waals surface area contributed by atoms with E-state index in [0.29, 0.717) is 12.5 Å². The average molecular weight is 209 g/mol. The first-order valence-corrected chi connectivity index (χ1v) is 5.19. The van der Waals surface area contributed by atoms with Crippen LogP contribution in [-0.2, 0) is 6.54 Å². The fraction of sp³-hybridized carbons (Fsp3) is 0.545. The molecule has 0 spiro atoms. The molecule has 4 heteroatoms. The Labute approximate surface area is 90.5 Å². The Balaban J connectivity index is 2.63. The van der Waals surface area contributed by atoms with E-state index in [1.54, 1.807) is 6.20 Å². The van der Waals surface area contributed by atoms with Gasteiger partial charge in [0.15, 0.2) is 0 Å². The Morgan fingerprint density at radius 1 is 1.47 bits per heavy atom. The van der Waals surface area contributed by atoms with Crippen LogP contribution in [0.25, 0.3) is 0 Å². The van der Waals surface area contributed by atoms with Gasteiger partial charge in [0.1, 0.15) is 0 Å². The van der Waals surface area contributed by atoms with E-state index in [-0.39, 0.29) is 12.6 Å². The molecule has 0 amide bonds. The Bertz CT molecular complexity index is 284. The number of aromatic nitrogens is 1. The van der Waals surface area contributed by atoms with Gasteiger partial charge in [0, 0.05) is 6.54 Å². The van der Waals surface area contributed by atoms with Crippen LogP contribution in [0.15, 0.2) is 18.3 Å². The van der Waals surface area contributed by atoms with Crippen molar-refractivity contribution in [1.82, 2.24) is 4.98 Å². The van der Waals surface area contributed by atoms with Crippen molar-refractivity contribution in [3.05, 3.63) is 24.0 Å². The van der Waals surface area contributed by atoms with Crippen LogP contribution >= 0.6 is 0 Å². The van der Waals surface area contributed by atoms with Crippen molar-refractivity contribution in [1.29, 1.82) is 0 Å². The molecule has 0 saturated heterocycles. The molecule has 4 nitrogen and oxygen atoms in total. The number of aliphatic hydroxyl groups is 1. The van der Waals surface area contributed by atoms with Crippen LogP contribution in [0.2, 0.25) is 0 Å². The molecule has 1 atom stereocenters. The van der Waals surface area contributed by atoms with Gasteiger partial charge in [0.25, 0.3) is 0 Å². The van der Waals surface area contributed by atoms with Crippen LogP contribution in [0.4, 0.5) is 5.69 Å². The van der Waals surface area contributed by atoms with Crippen molar-refractivity contribution < 1.29 is 5.11 Å². The minimum Gasteiger partial charge on any atom is -0.394 e. The third-order valence-corrected chi connectivity index (χ3v) is 2.39. The van der Waals surface area contributed by atoms with Crippen molar-refractivity contribution in [2.75, 3.05) is 11.9 Å². The molecular weight excluding hydrogens is 190 g/mol. The fourth-order valence-electron chi connectivity index (χ4n) is 1.27. The summed E-state index contributed by atoms with van der Waals surface area (Å²) in [5, 5.41) is 12.4. The summed E-state index contributed by atoms with van der Waals surface area (Å²) in [5.74, 6) is 0.379. The summed E-state index contributed by atoms with van der Waals surface area (Å²) >= 11 is 0. The number of hydrogen-bond acceptors (Lipinski definition) is 4. The maximum atomic E-state index is 9.16. The summed E-state index contributed by atoms with van der Waals surface area (Å²) in [4.78, 5) is 4.17. The second kappa shape index (κ2) is 5.68. The Morgan fingerprint density at radius 2 is 2.20 bits per heavy atom. The summed E-state index contributed by atoms with van der Waals surface area (Å²) in [6.07, 6.45) is 1.74. The molecule has 0 aliphatic heterocycles. The Morgan fingerprint density at radius 3 is 2.60 bits per heavy atom. The number of nitrogens with one attached hydrogen (secondary N) is 1. The number of nitrogens with two attached hydrogens (primary N) is 1. The van der Waals surface area contributed by atoms with Gasteiger partial charge in [-0.25, -0.2) is 0 Å². The van der Waals surface area contributed by atoms with Gasteiger partial charge < -0.3 is 16.2 Å². The minimum absolute atomic E-state index is 0.0653. The lowest BCUT2D eigenvalue weighted by Crippen LogP contribution is -2.29. The number of hydrogen-bond donors (Lipinski definition) is 3. The van der Waals surface area contributed by atoms with Gasteiger partial charge in [-0.2, -0.15) is 0 Å². The van der Waals surface area contributed by atoms with E-state index in [1.807, 2.05) is 12.1 Å². The highest BCUT2D eigenvalue weighted by atomic mass is 16.3. The lowest BCUT2D eigenvalue weighted by molar-refractivity contribution is 0.249. The Hall–Kier alpha value is -1.13. The van der Waals surface area contributed by atoms with Crippen LogP contribution < -0.4 is 11.1 Å². The summed E-state index contributed by atoms with van der Waals surface area (Å²) in [6.45, 7) is 4.70. The molecule has 84 valence electrons. The van der Waals surface area contributed by atoms with E-state index >= 15 is 0 Å². The van der Waals surface area contributed by atoms with Crippen LogP contribution in [0.3, 0.4) is 0 Å². The van der Waals surface area contributed by atoms with Crippen molar-refractivity contribution in [2.24, 2.45) is 11.7 Å². The van der Waals surface area contributed by atoms with E-state index in [0.717, 1.165) is 11.4 Å². The van der Waals surface area contributed by atoms with Crippen molar-refractivity contribution in [3.63, 3.8) is 0 Å². The largest absolute Gasteiger partial charge is 0.394 e. The molecule has 1 aromatic heterocycles. The van der Waals surface area contributed by atoms with Crippen molar-refractivity contribution in [2.45, 2.75) is 26.4 Å². The van der Waals surface area contributed by atoms with Crippen LogP contribution in [-0.4, -0.2) is 22.7 Å². The summed E-state index contributed by atoms with van der Waals surface area (Å²) in [6, 6.07) is 3.88. The second-order valence-electron chi connectivity index (χ2n) is 3.92. The maximum absolute atomic E-state index is 9.16. The molecule has 0 fully saturated rings. The standard InChI is InChI=1S/C11H19N3O/c1-8(2)11(7-15)14-10-4-3-9(5-12)13-6-10/h3-4,6,8,11,14-15H,5,7,12H2,1-2H3. The van der Waals surface area contributed by atoms with Crippen LogP contribution in [0, 0.1) is 5.92 Å². The zero-order valence-electron chi connectivity index (χ0n) is 9.27. The summed E-state index contributed by atoms with van der Waals surface area (Å²) in [7, 11) is 0. The van der Waals surface area contributed by atoms with Gasteiger partial charge in [-0.05, 0) is 18.1 Å². The van der Waals surface area contributed by atoms with Crippen molar-refractivity contribution in [3.8, 4) is 0 Å². The predicted molar refractivity (Wildman–Crippen MR) is 61.5 cm³/mol. The number of nitrogens with zero attached hydrogens (tertiary/aromatic N) is 1. The minimum atomic E-state index is 0.0653. The molecule has 0 saturated carbocycles. The van der Waals surface area contributed by atoms with Gasteiger partial charge >= 0.3 is 0 Å². The highest BCUT2D eigenvalue weighted by molar-refractivity contribution is 5.42. The van der Waals surface area contributed by atoms with E-state index in [4.69, 9.17) is 10.8 Å². The SMILES string of the molecule is CC(C)C(CO)Nc1ccc(CN)nc1. The van der Waals surface area contributed by atoms with E-state index < -0.39 is 0 Å². The molecular formula is C11H19N3O. The van der Waals surface area contributed by atoms with E-state index in [2.05, 4.69) is 24.1 Å². The molecule has 1 aromatic rings. The first kappa shape index (κ1) is 11.9. The molecule has 1 heterocycles. The molecule has 1 unspecified atom stereocenters. The van der Waals surface area contributed by atoms with Crippen molar-refractivity contribution >= 4 is 5.69 Å². The quantitative estimate of drug-likeness (QED) is 0.675. The van der Waals surface area contributed by atoms with Gasteiger partial charge in [-0.3, -0.25) is 4.98 Å². The number of rotatable bonds is 5. The van der Waals surface area contributed by atoms with E-state index in [1.165, 1.54) is 0 Å². The monoisotopic (exact) mass is 209 g/mol. The topological polar surface area (TPSA) is 71.2 Å². The lowest BCUT2D eigenvalue weighted by Gasteiger charge is -2.20. The first-order chi connectivity index (χ1) is 7.17. The summed E-state index contributed by atoms with van der Waals surface area (Å²) < 4.78 is 0. The van der Waals surface area contributed by atoms with Gasteiger partial charge in [-0.1, -0.05) is 13.8 Å². The molecule has 15 heavy (non-hydrogen) atoms. The van der Waals surface area contributed by atoms with Gasteiger partial charge in [0.2, 0.25) is 0 Å². The molecule has 0 aliphatic carbocycles. The molecule has 0 aliphatic rings. The Kier molecular flexibility index (Phi) is 4.52. The smallest absolute Gasteiger partial charge is 0.0635 e. The molecule has 0 radical (unpaired) electrons. The zero-order chi connectivity index (χ0) is 11.3. The summed E-state index contributed by atoms with van der Waals surface area (Å²) in [5.41, 5.74) is 7.24. The highest BCUT2D eigenvalue weighted by Crippen LogP contribution is 2.11. The molecule has 1 rings (SSSR count). The first-order valence-electron chi connectivity index (χ1n) is 5.19. The zero-order valence-corrected chi connectivity index (χ0v) is 9.27. The average Bonchev–Trinajstić information content (AvgIpc) is 2.26. The normalized spacial score (nSPS) is 12.9. The number of anilines is 1. The fourth-order valence-corrected chi connectivity index (χ4v) is 1.27. The van der Waals surface area contributed by atoms with Gasteiger partial charge in [0.05, 0.1) is 30.2 Å². The highest BCUT2D eigenvalue weighted by Gasteiger charge is 2.11. The second-order valence-corrected chi connectivity index (χ2v) is 3.92. The maximum Gasteiger partial charge on any atom is 0.0635 e. The predicted octanol–water partition coefficient (Wildman–Crippen LogP) is 0.969. The van der Waals surface area contributed by atoms with Gasteiger partial charge in [-0.15, -0.1) is 0 Å². The van der Waals surface area contributed by atoms with Crippen LogP contribution in [0.1, 0.15) is 19.5 Å². The lowest BCUT2D eigenvalue weighted by atomic mass is 10.1. The molecule has 4 N–H and O–H groups in total. The number of pyridine rings is 1. The molecule has 0 bridgehead atoms.